The normalized spacial score (nSPS) is 14.7. The van der Waals surface area contributed by atoms with Gasteiger partial charge in [0.15, 0.2) is 16.3 Å². The Morgan fingerprint density at radius 3 is 2.51 bits per heavy atom. The van der Waals surface area contributed by atoms with E-state index >= 15 is 0 Å². The molecule has 0 radical (unpaired) electrons. The predicted molar refractivity (Wildman–Crippen MR) is 170 cm³/mol. The number of carbonyl (C=O) groups is 1. The Morgan fingerprint density at radius 2 is 1.79 bits per heavy atom. The molecule has 222 valence electrons. The lowest BCUT2D eigenvalue weighted by molar-refractivity contribution is -0.139. The maximum atomic E-state index is 14.0. The molecule has 0 unspecified atom stereocenters. The average molecular weight is 658 g/mol. The summed E-state index contributed by atoms with van der Waals surface area (Å²) in [5.74, 6) is 0.269. The van der Waals surface area contributed by atoms with Gasteiger partial charge in [-0.1, -0.05) is 76.5 Å². The number of aromatic nitrogens is 1. The number of hydrogen-bond donors (Lipinski definition) is 0. The first-order valence-electron chi connectivity index (χ1n) is 13.5. The fraction of sp³-hybridized carbons (Fsp3) is 0.219. The summed E-state index contributed by atoms with van der Waals surface area (Å²) >= 11 is 20.6. The van der Waals surface area contributed by atoms with Gasteiger partial charge >= 0.3 is 5.97 Å². The molecule has 1 aromatic heterocycles. The van der Waals surface area contributed by atoms with Gasteiger partial charge in [0, 0.05) is 10.0 Å². The van der Waals surface area contributed by atoms with Crippen molar-refractivity contribution in [2.24, 2.45) is 4.99 Å². The third-order valence-electron chi connectivity index (χ3n) is 6.62. The van der Waals surface area contributed by atoms with Crippen LogP contribution in [0.4, 0.5) is 0 Å². The molecule has 3 aromatic carbocycles. The molecule has 1 aliphatic rings. The molecule has 4 aromatic rings. The third kappa shape index (κ3) is 6.53. The molecule has 0 saturated carbocycles. The van der Waals surface area contributed by atoms with E-state index in [0.717, 1.165) is 5.56 Å². The molecule has 0 fully saturated rings. The molecule has 5 rings (SSSR count). The van der Waals surface area contributed by atoms with Gasteiger partial charge in [-0.15, -0.1) is 0 Å². The number of ether oxygens (including phenoxy) is 3. The van der Waals surface area contributed by atoms with Crippen molar-refractivity contribution in [3.63, 3.8) is 0 Å². The van der Waals surface area contributed by atoms with Gasteiger partial charge in [-0.2, -0.15) is 0 Å². The maximum Gasteiger partial charge on any atom is 0.338 e. The summed E-state index contributed by atoms with van der Waals surface area (Å²) in [4.78, 5) is 32.1. The molecule has 1 aliphatic heterocycles. The molecule has 43 heavy (non-hydrogen) atoms. The van der Waals surface area contributed by atoms with Crippen molar-refractivity contribution in [2.45, 2.75) is 33.4 Å². The number of thiazole rings is 1. The largest absolute Gasteiger partial charge is 0.490 e. The van der Waals surface area contributed by atoms with Gasteiger partial charge in [0.25, 0.3) is 5.56 Å². The van der Waals surface area contributed by atoms with Crippen molar-refractivity contribution >= 4 is 58.2 Å². The number of allylic oxidation sites excluding steroid dienone is 1. The molecule has 0 bridgehead atoms. The van der Waals surface area contributed by atoms with Gasteiger partial charge < -0.3 is 14.2 Å². The van der Waals surface area contributed by atoms with Crippen LogP contribution in [-0.4, -0.2) is 23.8 Å². The molecule has 2 heterocycles. The van der Waals surface area contributed by atoms with Gasteiger partial charge in [0.05, 0.1) is 34.0 Å². The van der Waals surface area contributed by atoms with Crippen LogP contribution in [0.2, 0.25) is 15.1 Å². The molecular weight excluding hydrogens is 631 g/mol. The third-order valence-corrected chi connectivity index (χ3v) is 8.46. The van der Waals surface area contributed by atoms with Crippen LogP contribution in [0.15, 0.2) is 81.7 Å². The minimum absolute atomic E-state index is 0.178. The zero-order valence-electron chi connectivity index (χ0n) is 23.5. The number of esters is 1. The minimum Gasteiger partial charge on any atom is -0.490 e. The van der Waals surface area contributed by atoms with Gasteiger partial charge in [-0.05, 0) is 73.9 Å². The second-order valence-corrected chi connectivity index (χ2v) is 11.8. The lowest BCUT2D eigenvalue weighted by atomic mass is 9.96. The van der Waals surface area contributed by atoms with Crippen molar-refractivity contribution in [3.05, 3.63) is 123 Å². The Hall–Kier alpha value is -3.56. The van der Waals surface area contributed by atoms with Gasteiger partial charge in [-0.25, -0.2) is 9.79 Å². The molecule has 0 aliphatic carbocycles. The molecule has 0 spiro atoms. The molecular formula is C32H27Cl3N2O5S. The van der Waals surface area contributed by atoms with E-state index in [0.29, 0.717) is 59.3 Å². The Labute approximate surface area is 267 Å². The summed E-state index contributed by atoms with van der Waals surface area (Å²) in [5.41, 5.74) is 2.48. The van der Waals surface area contributed by atoms with Crippen LogP contribution >= 0.6 is 46.1 Å². The fourth-order valence-corrected chi connectivity index (χ4v) is 6.56. The van der Waals surface area contributed by atoms with Crippen molar-refractivity contribution in [1.82, 2.24) is 4.57 Å². The first-order chi connectivity index (χ1) is 20.7. The predicted octanol–water partition coefficient (Wildman–Crippen LogP) is 6.74. The standard InChI is InChI=1S/C32H27Cl3N2O5S/c1-4-40-25-15-20(14-24(35)29(25)42-17-19-9-8-10-21(33)13-19)16-26-30(38)37-28(22-11-6-7-12-23(22)34)27(31(39)41-5-2)18(3)36-32(37)43-26/h6-16,28H,4-5,17H2,1-3H3/b26-16-/t28-/m1/s1. The summed E-state index contributed by atoms with van der Waals surface area (Å²) in [5, 5.41) is 1.34. The molecule has 7 nitrogen and oxygen atoms in total. The Kier molecular flexibility index (Phi) is 9.62. The highest BCUT2D eigenvalue weighted by Gasteiger charge is 2.34. The lowest BCUT2D eigenvalue weighted by Gasteiger charge is -2.25. The monoisotopic (exact) mass is 656 g/mol. The molecule has 1 atom stereocenters. The van der Waals surface area contributed by atoms with Crippen molar-refractivity contribution in [3.8, 4) is 11.5 Å². The topological polar surface area (TPSA) is 79.1 Å². The summed E-state index contributed by atoms with van der Waals surface area (Å²) in [6, 6.07) is 17.1. The zero-order chi connectivity index (χ0) is 30.7. The van der Waals surface area contributed by atoms with Crippen molar-refractivity contribution in [1.29, 1.82) is 0 Å². The summed E-state index contributed by atoms with van der Waals surface area (Å²) in [6.45, 7) is 6.10. The molecule has 0 amide bonds. The fourth-order valence-electron chi connectivity index (χ4n) is 4.79. The van der Waals surface area contributed by atoms with E-state index in [2.05, 4.69) is 4.99 Å². The maximum absolute atomic E-state index is 14.0. The SMILES string of the molecule is CCOC(=O)C1=C(C)N=c2s/c(=C\c3cc(Cl)c(OCc4cccc(Cl)c4)c(OCC)c3)c(=O)n2[C@@H]1c1ccccc1Cl. The Balaban J connectivity index is 1.59. The highest BCUT2D eigenvalue weighted by molar-refractivity contribution is 7.07. The number of nitrogens with zero attached hydrogens (tertiary/aromatic N) is 2. The van der Waals surface area contributed by atoms with Crippen LogP contribution in [0.25, 0.3) is 6.08 Å². The Morgan fingerprint density at radius 1 is 1.00 bits per heavy atom. The van der Waals surface area contributed by atoms with E-state index < -0.39 is 12.0 Å². The van der Waals surface area contributed by atoms with Crippen LogP contribution in [0, 0.1) is 0 Å². The van der Waals surface area contributed by atoms with Crippen molar-refractivity contribution in [2.75, 3.05) is 13.2 Å². The lowest BCUT2D eigenvalue weighted by Crippen LogP contribution is -2.40. The van der Waals surface area contributed by atoms with E-state index in [4.69, 9.17) is 49.0 Å². The first-order valence-corrected chi connectivity index (χ1v) is 15.4. The zero-order valence-corrected chi connectivity index (χ0v) is 26.6. The van der Waals surface area contributed by atoms with E-state index in [1.54, 1.807) is 56.3 Å². The van der Waals surface area contributed by atoms with Crippen LogP contribution in [0.3, 0.4) is 0 Å². The van der Waals surface area contributed by atoms with E-state index in [1.807, 2.05) is 31.2 Å². The smallest absolute Gasteiger partial charge is 0.338 e. The number of halogens is 3. The Bertz CT molecular complexity index is 1910. The van der Waals surface area contributed by atoms with Crippen LogP contribution in [0.5, 0.6) is 11.5 Å². The van der Waals surface area contributed by atoms with Crippen LogP contribution in [0.1, 0.15) is 43.5 Å². The summed E-state index contributed by atoms with van der Waals surface area (Å²) in [6.07, 6.45) is 1.71. The highest BCUT2D eigenvalue weighted by Crippen LogP contribution is 2.38. The van der Waals surface area contributed by atoms with Gasteiger partial charge in [0.2, 0.25) is 0 Å². The van der Waals surface area contributed by atoms with Crippen LogP contribution in [-0.2, 0) is 16.1 Å². The number of rotatable bonds is 9. The highest BCUT2D eigenvalue weighted by atomic mass is 35.5. The van der Waals surface area contributed by atoms with Crippen LogP contribution < -0.4 is 24.4 Å². The van der Waals surface area contributed by atoms with Crippen molar-refractivity contribution < 1.29 is 19.0 Å². The first kappa shape index (κ1) is 30.9. The molecule has 0 saturated heterocycles. The quantitative estimate of drug-likeness (QED) is 0.187. The van der Waals surface area contributed by atoms with Gasteiger partial charge in [-0.3, -0.25) is 9.36 Å². The number of carbonyl (C=O) groups excluding carboxylic acids is 1. The summed E-state index contributed by atoms with van der Waals surface area (Å²) in [7, 11) is 0. The van der Waals surface area contributed by atoms with E-state index in [1.165, 1.54) is 15.9 Å². The second kappa shape index (κ2) is 13.4. The molecule has 11 heteroatoms. The average Bonchev–Trinajstić information content (AvgIpc) is 3.26. The van der Waals surface area contributed by atoms with Gasteiger partial charge in [0.1, 0.15) is 12.6 Å². The number of benzene rings is 3. The minimum atomic E-state index is -0.809. The number of fused-ring (bicyclic) bond motifs is 1. The van der Waals surface area contributed by atoms with E-state index in [-0.39, 0.29) is 24.3 Å². The number of hydrogen-bond acceptors (Lipinski definition) is 7. The summed E-state index contributed by atoms with van der Waals surface area (Å²) < 4.78 is 19.1. The van der Waals surface area contributed by atoms with E-state index in [9.17, 15) is 9.59 Å². The second-order valence-electron chi connectivity index (χ2n) is 9.51. The molecule has 0 N–H and O–H groups in total.